The van der Waals surface area contributed by atoms with Crippen LogP contribution in [0.2, 0.25) is 0 Å². The minimum Gasteiger partial charge on any atom is -0.387 e. The quantitative estimate of drug-likeness (QED) is 0.0256. The molecule has 0 fully saturated rings. The maximum atomic E-state index is 12.5. The number of rotatable bonds is 31. The summed E-state index contributed by atoms with van der Waals surface area (Å²) in [5.41, 5.74) is 0. The molecule has 0 aromatic heterocycles. The first-order valence-electron chi connectivity index (χ1n) is 18.0. The number of aliphatic hydroxyl groups is 2. The molecular weight excluding hydrogens is 586 g/mol. The van der Waals surface area contributed by atoms with E-state index in [4.69, 9.17) is 0 Å². The predicted molar refractivity (Wildman–Crippen MR) is 190 cm³/mol. The number of nitrogens with one attached hydrogen (secondary N) is 1. The molecular formula is C37H67NO6S. The summed E-state index contributed by atoms with van der Waals surface area (Å²) in [5, 5.41) is 23.2. The van der Waals surface area contributed by atoms with Crippen molar-refractivity contribution in [3.63, 3.8) is 0 Å². The van der Waals surface area contributed by atoms with Crippen LogP contribution in [0.5, 0.6) is 0 Å². The topological polar surface area (TPSA) is 124 Å². The van der Waals surface area contributed by atoms with E-state index in [1.165, 1.54) is 89.5 Å². The van der Waals surface area contributed by atoms with Crippen LogP contribution in [-0.4, -0.2) is 53.1 Å². The largest absolute Gasteiger partial charge is 0.387 e. The summed E-state index contributed by atoms with van der Waals surface area (Å²) < 4.78 is 32.3. The fraction of sp³-hybridized carbons (Fsp3) is 0.757. The Morgan fingerprint density at radius 3 is 1.64 bits per heavy atom. The molecule has 262 valence electrons. The van der Waals surface area contributed by atoms with E-state index in [-0.39, 0.29) is 6.42 Å². The van der Waals surface area contributed by atoms with Gasteiger partial charge in [0.1, 0.15) is 6.10 Å². The van der Waals surface area contributed by atoms with Crippen LogP contribution in [0.3, 0.4) is 0 Å². The van der Waals surface area contributed by atoms with Crippen molar-refractivity contribution < 1.29 is 28.0 Å². The number of carbonyl (C=O) groups is 1. The Morgan fingerprint density at radius 2 is 1.07 bits per heavy atom. The lowest BCUT2D eigenvalue weighted by Gasteiger charge is -2.22. The second-order valence-electron chi connectivity index (χ2n) is 12.3. The molecule has 3 unspecified atom stereocenters. The highest BCUT2D eigenvalue weighted by atomic mass is 32.2. The van der Waals surface area contributed by atoms with Crippen molar-refractivity contribution >= 4 is 16.0 Å². The maximum Gasteiger partial charge on any atom is 0.267 e. The summed E-state index contributed by atoms with van der Waals surface area (Å²) in [6.45, 7) is 4.41. The normalized spacial score (nSPS) is 14.7. The molecule has 0 rings (SSSR count). The molecule has 3 atom stereocenters. The van der Waals surface area contributed by atoms with Gasteiger partial charge in [0, 0.05) is 0 Å². The lowest BCUT2D eigenvalue weighted by atomic mass is 10.0. The third kappa shape index (κ3) is 30.7. The van der Waals surface area contributed by atoms with Gasteiger partial charge in [-0.1, -0.05) is 146 Å². The average Bonchev–Trinajstić information content (AvgIpc) is 3.00. The Morgan fingerprint density at radius 1 is 0.622 bits per heavy atom. The van der Waals surface area contributed by atoms with Gasteiger partial charge in [0.05, 0.1) is 17.9 Å². The molecule has 4 N–H and O–H groups in total. The summed E-state index contributed by atoms with van der Waals surface area (Å²) in [6, 6.07) is -1.25. The summed E-state index contributed by atoms with van der Waals surface area (Å²) in [4.78, 5) is 12.5. The Labute approximate surface area is 276 Å². The lowest BCUT2D eigenvalue weighted by Crippen LogP contribution is -2.50. The molecule has 0 aromatic carbocycles. The fourth-order valence-corrected chi connectivity index (χ4v) is 5.78. The van der Waals surface area contributed by atoms with E-state index in [1.807, 2.05) is 0 Å². The van der Waals surface area contributed by atoms with E-state index in [0.29, 0.717) is 12.8 Å². The van der Waals surface area contributed by atoms with Gasteiger partial charge in [0.15, 0.2) is 0 Å². The van der Waals surface area contributed by atoms with Gasteiger partial charge in [-0.05, 0) is 57.8 Å². The maximum absolute atomic E-state index is 12.5. The van der Waals surface area contributed by atoms with Crippen LogP contribution in [0.25, 0.3) is 0 Å². The number of unbranched alkanes of at least 4 members (excludes halogenated alkanes) is 17. The van der Waals surface area contributed by atoms with Crippen molar-refractivity contribution in [1.82, 2.24) is 5.32 Å². The highest BCUT2D eigenvalue weighted by Gasteiger charge is 2.27. The molecule has 0 aliphatic carbocycles. The number of aliphatic hydroxyl groups excluding tert-OH is 2. The van der Waals surface area contributed by atoms with Crippen molar-refractivity contribution in [2.24, 2.45) is 0 Å². The van der Waals surface area contributed by atoms with Crippen molar-refractivity contribution in [2.75, 3.05) is 5.75 Å². The Hall–Kier alpha value is -1.74. The zero-order valence-electron chi connectivity index (χ0n) is 28.6. The summed E-state index contributed by atoms with van der Waals surface area (Å²) in [5.74, 6) is -1.57. The van der Waals surface area contributed by atoms with E-state index in [1.54, 1.807) is 6.08 Å². The molecule has 0 aromatic rings. The van der Waals surface area contributed by atoms with E-state index in [0.717, 1.165) is 38.5 Å². The lowest BCUT2D eigenvalue weighted by molar-refractivity contribution is -0.130. The number of hydrogen-bond donors (Lipinski definition) is 4. The Balaban J connectivity index is 4.11. The summed E-state index contributed by atoms with van der Waals surface area (Å²) in [6.07, 6.45) is 37.4. The smallest absolute Gasteiger partial charge is 0.267 e. The molecule has 0 heterocycles. The van der Waals surface area contributed by atoms with Gasteiger partial charge in [0.25, 0.3) is 10.1 Å². The number of hydrogen-bond acceptors (Lipinski definition) is 5. The van der Waals surface area contributed by atoms with Crippen LogP contribution in [0.4, 0.5) is 0 Å². The third-order valence-corrected chi connectivity index (χ3v) is 8.64. The van der Waals surface area contributed by atoms with Crippen LogP contribution in [0.1, 0.15) is 155 Å². The number of carbonyl (C=O) groups excluding carboxylic acids is 1. The second kappa shape index (κ2) is 30.9. The fourth-order valence-electron chi connectivity index (χ4n) is 5.05. The molecule has 0 saturated heterocycles. The molecule has 0 saturated carbocycles. The zero-order valence-corrected chi connectivity index (χ0v) is 29.4. The van der Waals surface area contributed by atoms with Gasteiger partial charge < -0.3 is 15.5 Å². The molecule has 0 spiro atoms. The molecule has 7 nitrogen and oxygen atoms in total. The SMILES string of the molecule is CCCCC/C=C\C=C/CCCCCCCCCCCC(O)C(=O)NC(CS(=O)(=O)O)C(O)/C=C/CC/C=C/CCCCCC. The first-order valence-corrected chi connectivity index (χ1v) is 19.6. The zero-order chi connectivity index (χ0) is 33.4. The first kappa shape index (κ1) is 43.3. The van der Waals surface area contributed by atoms with Gasteiger partial charge in [-0.2, -0.15) is 8.42 Å². The van der Waals surface area contributed by atoms with Crippen LogP contribution < -0.4 is 5.32 Å². The van der Waals surface area contributed by atoms with Crippen molar-refractivity contribution in [2.45, 2.75) is 173 Å². The van der Waals surface area contributed by atoms with Gasteiger partial charge in [-0.15, -0.1) is 0 Å². The van der Waals surface area contributed by atoms with Crippen LogP contribution in [-0.2, 0) is 14.9 Å². The van der Waals surface area contributed by atoms with Crippen LogP contribution in [0, 0.1) is 0 Å². The molecule has 8 heteroatoms. The first-order chi connectivity index (χ1) is 21.7. The monoisotopic (exact) mass is 653 g/mol. The van der Waals surface area contributed by atoms with Crippen molar-refractivity contribution in [3.8, 4) is 0 Å². The third-order valence-electron chi connectivity index (χ3n) is 7.86. The molecule has 1 amide bonds. The second-order valence-corrected chi connectivity index (χ2v) is 13.8. The van der Waals surface area contributed by atoms with E-state index < -0.39 is 40.0 Å². The Bertz CT molecular complexity index is 912. The predicted octanol–water partition coefficient (Wildman–Crippen LogP) is 8.93. The molecule has 45 heavy (non-hydrogen) atoms. The van der Waals surface area contributed by atoms with E-state index in [9.17, 15) is 28.0 Å². The van der Waals surface area contributed by atoms with Crippen molar-refractivity contribution in [3.05, 3.63) is 48.6 Å². The van der Waals surface area contributed by atoms with Gasteiger partial charge in [0.2, 0.25) is 5.91 Å². The van der Waals surface area contributed by atoms with Gasteiger partial charge in [-0.3, -0.25) is 9.35 Å². The molecule has 0 aliphatic heterocycles. The number of allylic oxidation sites excluding steroid dienone is 7. The number of amides is 1. The highest BCUT2D eigenvalue weighted by Crippen LogP contribution is 2.13. The van der Waals surface area contributed by atoms with Crippen molar-refractivity contribution in [1.29, 1.82) is 0 Å². The van der Waals surface area contributed by atoms with Gasteiger partial charge >= 0.3 is 0 Å². The van der Waals surface area contributed by atoms with E-state index >= 15 is 0 Å². The minimum absolute atomic E-state index is 0.266. The molecule has 0 radical (unpaired) electrons. The van der Waals surface area contributed by atoms with Gasteiger partial charge in [-0.25, -0.2) is 0 Å². The summed E-state index contributed by atoms with van der Waals surface area (Å²) in [7, 11) is -4.44. The highest BCUT2D eigenvalue weighted by molar-refractivity contribution is 7.85. The summed E-state index contributed by atoms with van der Waals surface area (Å²) >= 11 is 0. The standard InChI is InChI=1S/C37H67NO6S/c1-3-5-7-9-11-13-15-16-17-18-19-20-21-22-24-26-28-30-32-36(40)37(41)38-34(33-45(42,43)44)35(39)31-29-27-25-23-14-12-10-8-6-4-2/h11,13-16,23,29,31,34-36,39-40H,3-10,12,17-22,24-28,30,32-33H2,1-2H3,(H,38,41)(H,42,43,44)/b13-11-,16-15-,23-14+,31-29+. The molecule has 0 bridgehead atoms. The van der Waals surface area contributed by atoms with E-state index in [2.05, 4.69) is 55.6 Å². The van der Waals surface area contributed by atoms with Crippen LogP contribution >= 0.6 is 0 Å². The minimum atomic E-state index is -4.44. The average molecular weight is 654 g/mol. The molecule has 0 aliphatic rings. The van der Waals surface area contributed by atoms with Crippen LogP contribution in [0.15, 0.2) is 48.6 Å². The Kier molecular flexibility index (Phi) is 29.7.